The number of amides is 2. The maximum absolute atomic E-state index is 13.4. The number of thiophene rings is 1. The Bertz CT molecular complexity index is 934. The Morgan fingerprint density at radius 2 is 2.00 bits per heavy atom. The zero-order valence-corrected chi connectivity index (χ0v) is 19.5. The second kappa shape index (κ2) is 9.43. The Balaban J connectivity index is 1.51. The quantitative estimate of drug-likeness (QED) is 0.609. The Kier molecular flexibility index (Phi) is 6.65. The lowest BCUT2D eigenvalue weighted by Gasteiger charge is -2.37. The number of hydrogen-bond acceptors (Lipinski definition) is 4. The van der Waals surface area contributed by atoms with Crippen LogP contribution in [0.5, 0.6) is 5.75 Å². The minimum Gasteiger partial charge on any atom is -0.491 e. The molecular weight excluding hydrogens is 408 g/mol. The Labute approximate surface area is 189 Å². The molecule has 6 heteroatoms. The van der Waals surface area contributed by atoms with Gasteiger partial charge in [-0.3, -0.25) is 9.59 Å². The van der Waals surface area contributed by atoms with Crippen LogP contribution in [0.4, 0.5) is 0 Å². The summed E-state index contributed by atoms with van der Waals surface area (Å²) in [6.07, 6.45) is 2.77. The lowest BCUT2D eigenvalue weighted by molar-refractivity contribution is -0.143. The van der Waals surface area contributed by atoms with Crippen molar-refractivity contribution in [1.29, 1.82) is 0 Å². The number of hydrogen-bond donors (Lipinski definition) is 0. The average Bonchev–Trinajstić information content (AvgIpc) is 3.48. The van der Waals surface area contributed by atoms with Crippen molar-refractivity contribution >= 4 is 23.2 Å². The van der Waals surface area contributed by atoms with Gasteiger partial charge in [-0.2, -0.15) is 0 Å². The molecule has 2 amide bonds. The Morgan fingerprint density at radius 3 is 2.71 bits per heavy atom. The minimum atomic E-state index is -0.126. The van der Waals surface area contributed by atoms with Crippen molar-refractivity contribution in [3.8, 4) is 5.75 Å². The minimum absolute atomic E-state index is 0.0184. The van der Waals surface area contributed by atoms with Gasteiger partial charge in [-0.05, 0) is 60.7 Å². The number of carbonyl (C=O) groups excluding carboxylic acids is 2. The Morgan fingerprint density at radius 1 is 1.23 bits per heavy atom. The third-order valence-corrected chi connectivity index (χ3v) is 7.05. The van der Waals surface area contributed by atoms with Crippen LogP contribution in [0.15, 0.2) is 35.7 Å². The maximum Gasteiger partial charge on any atom is 0.242 e. The zero-order chi connectivity index (χ0) is 22.0. The first kappa shape index (κ1) is 21.9. The molecule has 1 fully saturated rings. The molecule has 31 heavy (non-hydrogen) atoms. The smallest absolute Gasteiger partial charge is 0.242 e. The van der Waals surface area contributed by atoms with E-state index in [1.165, 1.54) is 10.4 Å². The summed E-state index contributed by atoms with van der Waals surface area (Å²) in [5.41, 5.74) is 2.27. The lowest BCUT2D eigenvalue weighted by Crippen LogP contribution is -2.48. The second-order valence-electron chi connectivity index (χ2n) is 9.12. The van der Waals surface area contributed by atoms with E-state index in [9.17, 15) is 9.59 Å². The largest absolute Gasteiger partial charge is 0.491 e. The highest BCUT2D eigenvalue weighted by molar-refractivity contribution is 7.10. The third kappa shape index (κ3) is 5.12. The number of nitrogens with zero attached hydrogens (tertiary/aromatic N) is 2. The first-order chi connectivity index (χ1) is 14.9. The van der Waals surface area contributed by atoms with E-state index in [0.29, 0.717) is 25.6 Å². The van der Waals surface area contributed by atoms with Crippen LogP contribution >= 0.6 is 11.3 Å². The summed E-state index contributed by atoms with van der Waals surface area (Å²) >= 11 is 1.75. The third-order valence-electron chi connectivity index (χ3n) is 6.06. The van der Waals surface area contributed by atoms with Gasteiger partial charge in [-0.25, -0.2) is 0 Å². The summed E-state index contributed by atoms with van der Waals surface area (Å²) in [6, 6.07) is 9.96. The standard InChI is InChI=1S/C25H32N2O3S/c1-17(2)14-26(25(29)19-8-9-19)15-24(28)27-12-10-23-20(11-13-31-23)21(27)16-30-22-7-5-4-6-18(22)3/h4-7,11,13,17,19,21H,8-10,12,14-16H2,1-3H3/t21-/m1/s1. The van der Waals surface area contributed by atoms with Gasteiger partial charge in [-0.15, -0.1) is 11.3 Å². The van der Waals surface area contributed by atoms with Crippen LogP contribution in [0.2, 0.25) is 0 Å². The summed E-state index contributed by atoms with van der Waals surface area (Å²) in [7, 11) is 0. The zero-order valence-electron chi connectivity index (χ0n) is 18.7. The van der Waals surface area contributed by atoms with Crippen molar-refractivity contribution in [2.45, 2.75) is 46.1 Å². The molecule has 2 heterocycles. The molecule has 0 N–H and O–H groups in total. The molecule has 1 atom stereocenters. The lowest BCUT2D eigenvalue weighted by atomic mass is 10.00. The fraction of sp³-hybridized carbons (Fsp3) is 0.520. The number of aryl methyl sites for hydroxylation is 1. The molecular formula is C25H32N2O3S. The predicted octanol–water partition coefficient (Wildman–Crippen LogP) is 4.46. The van der Waals surface area contributed by atoms with Gasteiger partial charge >= 0.3 is 0 Å². The predicted molar refractivity (Wildman–Crippen MR) is 123 cm³/mol. The van der Waals surface area contributed by atoms with Gasteiger partial charge in [0, 0.05) is 23.9 Å². The van der Waals surface area contributed by atoms with Gasteiger partial charge in [0.25, 0.3) is 0 Å². The van der Waals surface area contributed by atoms with Gasteiger partial charge in [0.1, 0.15) is 12.4 Å². The van der Waals surface area contributed by atoms with Crippen molar-refractivity contribution in [3.05, 3.63) is 51.7 Å². The number of para-hydroxylation sites is 1. The number of fused-ring (bicyclic) bond motifs is 1. The number of ether oxygens (including phenoxy) is 1. The SMILES string of the molecule is Cc1ccccc1OC[C@@H]1c2ccsc2CCN1C(=O)CN(CC(C)C)C(=O)C1CC1. The van der Waals surface area contributed by atoms with E-state index >= 15 is 0 Å². The molecule has 0 saturated heterocycles. The van der Waals surface area contributed by atoms with Crippen molar-refractivity contribution in [2.75, 3.05) is 26.2 Å². The van der Waals surface area contributed by atoms with E-state index in [0.717, 1.165) is 30.6 Å². The van der Waals surface area contributed by atoms with Crippen LogP contribution in [0.1, 0.15) is 48.7 Å². The van der Waals surface area contributed by atoms with Crippen molar-refractivity contribution in [2.24, 2.45) is 11.8 Å². The van der Waals surface area contributed by atoms with Crippen molar-refractivity contribution in [3.63, 3.8) is 0 Å². The first-order valence-electron chi connectivity index (χ1n) is 11.3. The van der Waals surface area contributed by atoms with Crippen LogP contribution in [-0.2, 0) is 16.0 Å². The first-order valence-corrected chi connectivity index (χ1v) is 12.1. The molecule has 1 aliphatic heterocycles. The molecule has 0 spiro atoms. The van der Waals surface area contributed by atoms with E-state index in [1.54, 1.807) is 16.2 Å². The summed E-state index contributed by atoms with van der Waals surface area (Å²) in [5.74, 6) is 1.47. The Hall–Kier alpha value is -2.34. The van der Waals surface area contributed by atoms with Crippen molar-refractivity contribution < 1.29 is 14.3 Å². The molecule has 4 rings (SSSR count). The van der Waals surface area contributed by atoms with Crippen molar-refractivity contribution in [1.82, 2.24) is 9.80 Å². The van der Waals surface area contributed by atoms with E-state index in [2.05, 4.69) is 25.3 Å². The molecule has 166 valence electrons. The average molecular weight is 441 g/mol. The normalized spacial score (nSPS) is 18.1. The van der Waals surface area contributed by atoms with Gasteiger partial charge in [0.15, 0.2) is 0 Å². The number of carbonyl (C=O) groups is 2. The molecule has 0 bridgehead atoms. The topological polar surface area (TPSA) is 49.9 Å². The highest BCUT2D eigenvalue weighted by atomic mass is 32.1. The van der Waals surface area contributed by atoms with E-state index in [1.807, 2.05) is 36.1 Å². The molecule has 1 aromatic heterocycles. The van der Waals surface area contributed by atoms with E-state index < -0.39 is 0 Å². The molecule has 0 radical (unpaired) electrons. The van der Waals surface area contributed by atoms with Gasteiger partial charge in [0.2, 0.25) is 11.8 Å². The number of benzene rings is 1. The fourth-order valence-electron chi connectivity index (χ4n) is 4.28. The van der Waals surface area contributed by atoms with Crippen LogP contribution in [0.25, 0.3) is 0 Å². The van der Waals surface area contributed by atoms with E-state index in [4.69, 9.17) is 4.74 Å². The second-order valence-corrected chi connectivity index (χ2v) is 10.1. The summed E-state index contributed by atoms with van der Waals surface area (Å²) in [6.45, 7) is 8.09. The maximum atomic E-state index is 13.4. The highest BCUT2D eigenvalue weighted by Gasteiger charge is 2.37. The fourth-order valence-corrected chi connectivity index (χ4v) is 5.21. The molecule has 5 nitrogen and oxygen atoms in total. The molecule has 1 aliphatic carbocycles. The van der Waals surface area contributed by atoms with Crippen LogP contribution in [0.3, 0.4) is 0 Å². The molecule has 2 aromatic rings. The monoisotopic (exact) mass is 440 g/mol. The summed E-state index contributed by atoms with van der Waals surface area (Å²) < 4.78 is 6.18. The molecule has 0 unspecified atom stereocenters. The molecule has 2 aliphatic rings. The van der Waals surface area contributed by atoms with Gasteiger partial charge in [-0.1, -0.05) is 32.0 Å². The summed E-state index contributed by atoms with van der Waals surface area (Å²) in [4.78, 5) is 31.3. The van der Waals surface area contributed by atoms with Crippen LogP contribution in [0, 0.1) is 18.8 Å². The van der Waals surface area contributed by atoms with Gasteiger partial charge < -0.3 is 14.5 Å². The van der Waals surface area contributed by atoms with Gasteiger partial charge in [0.05, 0.1) is 12.6 Å². The summed E-state index contributed by atoms with van der Waals surface area (Å²) in [5, 5.41) is 2.10. The highest BCUT2D eigenvalue weighted by Crippen LogP contribution is 2.35. The molecule has 1 saturated carbocycles. The van der Waals surface area contributed by atoms with E-state index in [-0.39, 0.29) is 30.3 Å². The number of rotatable bonds is 8. The molecule has 1 aromatic carbocycles. The van der Waals surface area contributed by atoms with Crippen LogP contribution in [-0.4, -0.2) is 47.9 Å². The van der Waals surface area contributed by atoms with Crippen LogP contribution < -0.4 is 4.74 Å².